The SMILES string of the molecule is COCCCNc1cc(C)nc(NCc2ccccn2)n1. The average Bonchev–Trinajstić information content (AvgIpc) is 2.50. The molecule has 0 aliphatic carbocycles. The highest BCUT2D eigenvalue weighted by Crippen LogP contribution is 2.10. The maximum atomic E-state index is 5.02. The van der Waals surface area contributed by atoms with Crippen molar-refractivity contribution in [2.24, 2.45) is 0 Å². The number of nitrogens with one attached hydrogen (secondary N) is 2. The number of anilines is 2. The Hall–Kier alpha value is -2.21. The lowest BCUT2D eigenvalue weighted by Crippen LogP contribution is -2.10. The fraction of sp³-hybridized carbons (Fsp3) is 0.400. The summed E-state index contributed by atoms with van der Waals surface area (Å²) in [5, 5.41) is 6.47. The Balaban J connectivity index is 1.91. The van der Waals surface area contributed by atoms with Crippen molar-refractivity contribution in [2.45, 2.75) is 19.9 Å². The number of methoxy groups -OCH3 is 1. The van der Waals surface area contributed by atoms with Crippen LogP contribution < -0.4 is 10.6 Å². The third kappa shape index (κ3) is 5.35. The van der Waals surface area contributed by atoms with Gasteiger partial charge in [-0.2, -0.15) is 4.98 Å². The standard InChI is InChI=1S/C15H21N5O/c1-12-10-14(17-8-5-9-21-2)20-15(19-12)18-11-13-6-3-4-7-16-13/h3-4,6-7,10H,5,8-9,11H2,1-2H3,(H2,17,18,19,20). The largest absolute Gasteiger partial charge is 0.385 e. The van der Waals surface area contributed by atoms with E-state index in [0.717, 1.165) is 36.8 Å². The van der Waals surface area contributed by atoms with Gasteiger partial charge in [-0.25, -0.2) is 4.98 Å². The zero-order chi connectivity index (χ0) is 14.9. The first kappa shape index (κ1) is 15.2. The topological polar surface area (TPSA) is 72.0 Å². The molecule has 0 radical (unpaired) electrons. The van der Waals surface area contributed by atoms with E-state index in [4.69, 9.17) is 4.74 Å². The quantitative estimate of drug-likeness (QED) is 0.726. The van der Waals surface area contributed by atoms with Crippen molar-refractivity contribution in [2.75, 3.05) is 30.9 Å². The minimum atomic E-state index is 0.605. The number of nitrogens with zero attached hydrogens (tertiary/aromatic N) is 3. The van der Waals surface area contributed by atoms with Crippen LogP contribution in [0.4, 0.5) is 11.8 Å². The molecule has 0 saturated carbocycles. The van der Waals surface area contributed by atoms with Crippen LogP contribution in [-0.4, -0.2) is 35.2 Å². The van der Waals surface area contributed by atoms with E-state index in [0.29, 0.717) is 12.5 Å². The summed E-state index contributed by atoms with van der Waals surface area (Å²) in [7, 11) is 1.70. The van der Waals surface area contributed by atoms with Gasteiger partial charge >= 0.3 is 0 Å². The summed E-state index contributed by atoms with van der Waals surface area (Å²) in [4.78, 5) is 13.1. The maximum absolute atomic E-state index is 5.02. The van der Waals surface area contributed by atoms with Crippen LogP contribution in [0.5, 0.6) is 0 Å². The van der Waals surface area contributed by atoms with Crippen molar-refractivity contribution >= 4 is 11.8 Å². The molecule has 2 heterocycles. The summed E-state index contributed by atoms with van der Waals surface area (Å²) in [6.07, 6.45) is 2.72. The fourth-order valence-corrected chi connectivity index (χ4v) is 1.84. The second kappa shape index (κ2) is 8.16. The smallest absolute Gasteiger partial charge is 0.225 e. The monoisotopic (exact) mass is 287 g/mol. The molecule has 0 aromatic carbocycles. The Bertz CT molecular complexity index is 547. The summed E-state index contributed by atoms with van der Waals surface area (Å²) >= 11 is 0. The fourth-order valence-electron chi connectivity index (χ4n) is 1.84. The second-order valence-electron chi connectivity index (χ2n) is 4.67. The zero-order valence-corrected chi connectivity index (χ0v) is 12.5. The molecule has 0 saturated heterocycles. The molecule has 6 heteroatoms. The van der Waals surface area contributed by atoms with Crippen molar-refractivity contribution in [3.05, 3.63) is 41.9 Å². The molecule has 2 aromatic rings. The predicted molar refractivity (Wildman–Crippen MR) is 83.3 cm³/mol. The molecule has 2 N–H and O–H groups in total. The number of hydrogen-bond donors (Lipinski definition) is 2. The van der Waals surface area contributed by atoms with Gasteiger partial charge in [-0.05, 0) is 25.5 Å². The molecular weight excluding hydrogens is 266 g/mol. The Morgan fingerprint density at radius 2 is 2.10 bits per heavy atom. The van der Waals surface area contributed by atoms with Crippen LogP contribution >= 0.6 is 0 Å². The molecule has 0 fully saturated rings. The Morgan fingerprint density at radius 3 is 2.86 bits per heavy atom. The van der Waals surface area contributed by atoms with E-state index < -0.39 is 0 Å². The molecule has 21 heavy (non-hydrogen) atoms. The second-order valence-corrected chi connectivity index (χ2v) is 4.67. The van der Waals surface area contributed by atoms with Crippen LogP contribution in [0.15, 0.2) is 30.5 Å². The number of aryl methyl sites for hydroxylation is 1. The van der Waals surface area contributed by atoms with Crippen LogP contribution in [0.1, 0.15) is 17.8 Å². The summed E-state index contributed by atoms with van der Waals surface area (Å²) in [6, 6.07) is 7.75. The molecule has 2 rings (SSSR count). The van der Waals surface area contributed by atoms with Gasteiger partial charge in [-0.3, -0.25) is 4.98 Å². The third-order valence-corrected chi connectivity index (χ3v) is 2.84. The van der Waals surface area contributed by atoms with Gasteiger partial charge < -0.3 is 15.4 Å². The first-order valence-corrected chi connectivity index (χ1v) is 7.00. The van der Waals surface area contributed by atoms with Gasteiger partial charge in [0.1, 0.15) is 5.82 Å². The lowest BCUT2D eigenvalue weighted by molar-refractivity contribution is 0.198. The summed E-state index contributed by atoms with van der Waals surface area (Å²) in [6.45, 7) is 4.12. The predicted octanol–water partition coefficient (Wildman–Crippen LogP) is 2.24. The summed E-state index contributed by atoms with van der Waals surface area (Å²) in [5.41, 5.74) is 1.87. The van der Waals surface area contributed by atoms with Crippen molar-refractivity contribution < 1.29 is 4.74 Å². The van der Waals surface area contributed by atoms with E-state index in [1.54, 1.807) is 13.3 Å². The van der Waals surface area contributed by atoms with Gasteiger partial charge in [0.15, 0.2) is 0 Å². The molecule has 0 atom stereocenters. The normalized spacial score (nSPS) is 10.4. The molecule has 2 aromatic heterocycles. The molecule has 0 unspecified atom stereocenters. The van der Waals surface area contributed by atoms with Crippen molar-refractivity contribution in [3.63, 3.8) is 0 Å². The Kier molecular flexibility index (Phi) is 5.90. The highest BCUT2D eigenvalue weighted by molar-refractivity contribution is 5.42. The van der Waals surface area contributed by atoms with Crippen molar-refractivity contribution in [3.8, 4) is 0 Å². The van der Waals surface area contributed by atoms with Gasteiger partial charge in [0.25, 0.3) is 0 Å². The first-order valence-electron chi connectivity index (χ1n) is 7.00. The molecule has 0 spiro atoms. The summed E-state index contributed by atoms with van der Waals surface area (Å²) < 4.78 is 5.02. The van der Waals surface area contributed by atoms with Crippen molar-refractivity contribution in [1.82, 2.24) is 15.0 Å². The molecule has 0 aliphatic heterocycles. The van der Waals surface area contributed by atoms with Crippen LogP contribution in [0.2, 0.25) is 0 Å². The first-order chi connectivity index (χ1) is 10.3. The van der Waals surface area contributed by atoms with Crippen LogP contribution in [0.3, 0.4) is 0 Å². The average molecular weight is 287 g/mol. The highest BCUT2D eigenvalue weighted by atomic mass is 16.5. The number of aromatic nitrogens is 3. The number of hydrogen-bond acceptors (Lipinski definition) is 6. The summed E-state index contributed by atoms with van der Waals surface area (Å²) in [5.74, 6) is 1.43. The molecular formula is C15H21N5O. The maximum Gasteiger partial charge on any atom is 0.225 e. The van der Waals surface area contributed by atoms with Gasteiger partial charge in [0, 0.05) is 38.2 Å². The van der Waals surface area contributed by atoms with E-state index in [-0.39, 0.29) is 0 Å². The Labute approximate surface area is 125 Å². The molecule has 0 aliphatic rings. The Morgan fingerprint density at radius 1 is 1.19 bits per heavy atom. The number of rotatable bonds is 8. The van der Waals surface area contributed by atoms with E-state index in [2.05, 4.69) is 25.6 Å². The molecule has 6 nitrogen and oxygen atoms in total. The van der Waals surface area contributed by atoms with Crippen LogP contribution in [-0.2, 0) is 11.3 Å². The van der Waals surface area contributed by atoms with Gasteiger partial charge in [0.2, 0.25) is 5.95 Å². The van der Waals surface area contributed by atoms with Crippen LogP contribution in [0, 0.1) is 6.92 Å². The number of pyridine rings is 1. The molecule has 0 amide bonds. The molecule has 112 valence electrons. The number of ether oxygens (including phenoxy) is 1. The van der Waals surface area contributed by atoms with Gasteiger partial charge in [-0.15, -0.1) is 0 Å². The van der Waals surface area contributed by atoms with Gasteiger partial charge in [-0.1, -0.05) is 6.07 Å². The van der Waals surface area contributed by atoms with E-state index in [1.807, 2.05) is 31.2 Å². The lowest BCUT2D eigenvalue weighted by Gasteiger charge is -2.09. The highest BCUT2D eigenvalue weighted by Gasteiger charge is 2.02. The van der Waals surface area contributed by atoms with E-state index in [9.17, 15) is 0 Å². The minimum absolute atomic E-state index is 0.605. The van der Waals surface area contributed by atoms with Crippen molar-refractivity contribution in [1.29, 1.82) is 0 Å². The van der Waals surface area contributed by atoms with E-state index in [1.165, 1.54) is 0 Å². The van der Waals surface area contributed by atoms with Gasteiger partial charge in [0.05, 0.1) is 12.2 Å². The minimum Gasteiger partial charge on any atom is -0.385 e. The third-order valence-electron chi connectivity index (χ3n) is 2.84. The zero-order valence-electron chi connectivity index (χ0n) is 12.5. The van der Waals surface area contributed by atoms with Crippen LogP contribution in [0.25, 0.3) is 0 Å². The molecule has 0 bridgehead atoms. The lowest BCUT2D eigenvalue weighted by atomic mass is 10.3. The van der Waals surface area contributed by atoms with E-state index >= 15 is 0 Å².